The van der Waals surface area contributed by atoms with E-state index in [4.69, 9.17) is 18.9 Å². The molecule has 252 valence electrons. The monoisotopic (exact) mass is 744 g/mol. The maximum absolute atomic E-state index is 5.75. The Hall–Kier alpha value is -3.47. The fraction of sp³-hybridized carbons (Fsp3) is 0.200. The van der Waals surface area contributed by atoms with Crippen molar-refractivity contribution in [2.75, 3.05) is 26.4 Å². The topological polar surface area (TPSA) is 36.9 Å². The molecule has 0 radical (unpaired) electrons. The van der Waals surface area contributed by atoms with Crippen LogP contribution < -0.4 is 18.9 Å². The summed E-state index contributed by atoms with van der Waals surface area (Å²) in [7, 11) is -0.514. The van der Waals surface area contributed by atoms with E-state index in [1.54, 1.807) is 0 Å². The molecule has 49 heavy (non-hydrogen) atoms. The lowest BCUT2D eigenvalue weighted by Gasteiger charge is -2.09. The first kappa shape index (κ1) is 35.4. The predicted molar refractivity (Wildman–Crippen MR) is 208 cm³/mol. The summed E-state index contributed by atoms with van der Waals surface area (Å²) in [6, 6.07) is 43.4. The Balaban J connectivity index is 1.27. The first-order valence-corrected chi connectivity index (χ1v) is 21.3. The largest absolute Gasteiger partial charge is 0.494 e. The fourth-order valence-electron chi connectivity index (χ4n) is 5.13. The molecule has 0 fully saturated rings. The lowest BCUT2D eigenvalue weighted by Crippen LogP contribution is -2.03. The van der Waals surface area contributed by atoms with Gasteiger partial charge in [0.15, 0.2) is 19.6 Å². The summed E-state index contributed by atoms with van der Waals surface area (Å²) in [5.41, 5.74) is 0. The van der Waals surface area contributed by atoms with Gasteiger partial charge in [-0.05, 0) is 137 Å². The average molecular weight is 745 g/mol. The number of benzene rings is 4. The predicted octanol–water partition coefficient (Wildman–Crippen LogP) is 11.7. The normalized spacial score (nSPS) is 11.2. The molecule has 6 aromatic rings. The van der Waals surface area contributed by atoms with E-state index < -0.39 is 0 Å². The van der Waals surface area contributed by atoms with Gasteiger partial charge in [-0.25, -0.2) is 0 Å². The summed E-state index contributed by atoms with van der Waals surface area (Å²) in [5.74, 6) is 3.58. The van der Waals surface area contributed by atoms with Gasteiger partial charge in [0.25, 0.3) is 0 Å². The van der Waals surface area contributed by atoms with Crippen molar-refractivity contribution in [3.8, 4) is 23.0 Å². The maximum Gasteiger partial charge on any atom is 0.221 e. The van der Waals surface area contributed by atoms with E-state index >= 15 is 0 Å². The van der Waals surface area contributed by atoms with Crippen molar-refractivity contribution in [2.45, 2.75) is 64.1 Å². The summed E-state index contributed by atoms with van der Waals surface area (Å²) in [5, 5.41) is 0. The van der Waals surface area contributed by atoms with E-state index in [0.717, 1.165) is 23.0 Å². The van der Waals surface area contributed by atoms with Crippen LogP contribution in [0, 0.1) is 0 Å². The van der Waals surface area contributed by atoms with Crippen molar-refractivity contribution in [3.63, 3.8) is 0 Å². The van der Waals surface area contributed by atoms with Crippen molar-refractivity contribution in [3.05, 3.63) is 121 Å². The molecular weight excluding hydrogens is 705 g/mol. The third-order valence-corrected chi connectivity index (χ3v) is 15.8. The Labute approximate surface area is 308 Å². The fourth-order valence-corrected chi connectivity index (χ4v) is 14.3. The second-order valence-electron chi connectivity index (χ2n) is 10.5. The van der Waals surface area contributed by atoms with Crippen LogP contribution in [0.15, 0.2) is 158 Å². The molecule has 0 amide bonds. The molecule has 0 spiro atoms. The molecule has 0 aliphatic rings. The molecule has 9 heteroatoms. The van der Waals surface area contributed by atoms with E-state index in [0.29, 0.717) is 26.4 Å². The smallest absolute Gasteiger partial charge is 0.221 e. The molecule has 4 aromatic carbocycles. The van der Waals surface area contributed by atoms with Gasteiger partial charge in [0.2, 0.25) is 8.42 Å². The number of hydrogen-bond donors (Lipinski definition) is 0. The number of thiophene rings is 2. The summed E-state index contributed by atoms with van der Waals surface area (Å²) >= 11 is 5.59. The quantitative estimate of drug-likeness (QED) is 0.0923. The Morgan fingerprint density at radius 2 is 0.653 bits per heavy atom. The standard InChI is InChI=1S/C40H40O4S5/c1-5-41-29-9-17-33(18-10-29)48(34-19-11-30(12-20-34)42-6-2)39-27-25-37(46-39)45-38-26-28-40(47-38)49(35-21-13-31(14-22-35)43-7-3)36-23-15-32(16-24-36)44-8-4/h9-28H,5-8H2,1-4H3/q+2. The minimum atomic E-state index is -0.257. The van der Waals surface area contributed by atoms with Gasteiger partial charge in [-0.3, -0.25) is 0 Å². The van der Waals surface area contributed by atoms with Crippen molar-refractivity contribution in [1.82, 2.24) is 0 Å². The molecule has 0 bridgehead atoms. The molecule has 0 aliphatic heterocycles. The molecule has 2 heterocycles. The Morgan fingerprint density at radius 3 is 0.898 bits per heavy atom. The van der Waals surface area contributed by atoms with Gasteiger partial charge >= 0.3 is 0 Å². The van der Waals surface area contributed by atoms with Crippen LogP contribution in [0.2, 0.25) is 0 Å². The van der Waals surface area contributed by atoms with Gasteiger partial charge in [0, 0.05) is 12.1 Å². The van der Waals surface area contributed by atoms with Crippen LogP contribution >= 0.6 is 34.4 Å². The van der Waals surface area contributed by atoms with Crippen molar-refractivity contribution in [1.29, 1.82) is 0 Å². The zero-order chi connectivity index (χ0) is 34.0. The van der Waals surface area contributed by atoms with Crippen LogP contribution in [-0.4, -0.2) is 26.4 Å². The summed E-state index contributed by atoms with van der Waals surface area (Å²) in [6.45, 7) is 10.7. The van der Waals surface area contributed by atoms with E-state index in [-0.39, 0.29) is 21.8 Å². The zero-order valence-electron chi connectivity index (χ0n) is 28.0. The second-order valence-corrected chi connectivity index (χ2v) is 18.8. The highest BCUT2D eigenvalue weighted by molar-refractivity contribution is 8.04. The zero-order valence-corrected chi connectivity index (χ0v) is 32.1. The summed E-state index contributed by atoms with van der Waals surface area (Å²) in [4.78, 5) is 5.05. The molecule has 0 saturated heterocycles. The number of rotatable bonds is 16. The lowest BCUT2D eigenvalue weighted by atomic mass is 10.3. The second kappa shape index (κ2) is 17.5. The highest BCUT2D eigenvalue weighted by Crippen LogP contribution is 2.45. The summed E-state index contributed by atoms with van der Waals surface area (Å²) < 4.78 is 28.2. The van der Waals surface area contributed by atoms with Crippen LogP contribution in [0.3, 0.4) is 0 Å². The van der Waals surface area contributed by atoms with Crippen LogP contribution in [0.25, 0.3) is 0 Å². The first-order chi connectivity index (χ1) is 24.1. The molecule has 0 atom stereocenters. The van der Waals surface area contributed by atoms with Gasteiger partial charge in [-0.1, -0.05) is 34.4 Å². The Kier molecular flexibility index (Phi) is 12.6. The highest BCUT2D eigenvalue weighted by Gasteiger charge is 2.33. The molecule has 4 nitrogen and oxygen atoms in total. The van der Waals surface area contributed by atoms with Crippen molar-refractivity contribution >= 4 is 56.2 Å². The lowest BCUT2D eigenvalue weighted by molar-refractivity contribution is 0.340. The Bertz CT molecular complexity index is 1640. The first-order valence-electron chi connectivity index (χ1n) is 16.4. The van der Waals surface area contributed by atoms with Crippen LogP contribution in [-0.2, 0) is 21.8 Å². The third kappa shape index (κ3) is 9.01. The minimum absolute atomic E-state index is 0.257. The molecule has 0 aliphatic carbocycles. The molecule has 0 N–H and O–H groups in total. The molecule has 0 unspecified atom stereocenters. The molecule has 0 saturated carbocycles. The molecule has 2 aromatic heterocycles. The maximum atomic E-state index is 5.75. The number of hydrogen-bond acceptors (Lipinski definition) is 7. The van der Waals surface area contributed by atoms with Crippen LogP contribution in [0.5, 0.6) is 23.0 Å². The van der Waals surface area contributed by atoms with Gasteiger partial charge in [-0.2, -0.15) is 0 Å². The van der Waals surface area contributed by atoms with E-state index in [9.17, 15) is 0 Å². The molecular formula is C40H40O4S5+2. The van der Waals surface area contributed by atoms with E-state index in [1.165, 1.54) is 36.4 Å². The van der Waals surface area contributed by atoms with Crippen LogP contribution in [0.4, 0.5) is 0 Å². The van der Waals surface area contributed by atoms with Gasteiger partial charge in [-0.15, -0.1) is 0 Å². The van der Waals surface area contributed by atoms with E-state index in [2.05, 4.69) is 121 Å². The SMILES string of the molecule is CCOc1ccc([S+](c2ccc(OCC)cc2)c2ccc(Sc3ccc([S+](c4ccc(OCC)cc4)c4ccc(OCC)cc4)s3)s2)cc1. The highest BCUT2D eigenvalue weighted by atomic mass is 32.2. The van der Waals surface area contributed by atoms with Gasteiger partial charge < -0.3 is 18.9 Å². The van der Waals surface area contributed by atoms with Gasteiger partial charge in [0.1, 0.15) is 44.8 Å². The van der Waals surface area contributed by atoms with E-state index in [1.807, 2.05) is 62.1 Å². The van der Waals surface area contributed by atoms with Crippen LogP contribution in [0.1, 0.15) is 27.7 Å². The van der Waals surface area contributed by atoms with Crippen molar-refractivity contribution in [2.24, 2.45) is 0 Å². The Morgan fingerprint density at radius 1 is 0.388 bits per heavy atom. The average Bonchev–Trinajstić information content (AvgIpc) is 3.78. The van der Waals surface area contributed by atoms with Crippen molar-refractivity contribution < 1.29 is 18.9 Å². The summed E-state index contributed by atoms with van der Waals surface area (Å²) in [6.07, 6.45) is 0. The number of ether oxygens (including phenoxy) is 4. The van der Waals surface area contributed by atoms with Gasteiger partial charge in [0.05, 0.1) is 34.8 Å². The molecule has 6 rings (SSSR count). The third-order valence-electron chi connectivity index (χ3n) is 7.20. The minimum Gasteiger partial charge on any atom is -0.494 e.